The highest BCUT2D eigenvalue weighted by molar-refractivity contribution is 6.37. The molecule has 3 heteroatoms. The van der Waals surface area contributed by atoms with Crippen LogP contribution in [0.5, 0.6) is 0 Å². The van der Waals surface area contributed by atoms with E-state index in [1.165, 1.54) is 18.9 Å². The number of hydrogen-bond donors (Lipinski definition) is 1. The maximum absolute atomic E-state index is 10.3. The molecule has 2 nitrogen and oxygen atoms in total. The molecule has 0 aliphatic carbocycles. The van der Waals surface area contributed by atoms with Crippen LogP contribution in [0.3, 0.4) is 0 Å². The Morgan fingerprint density at radius 1 is 1.64 bits per heavy atom. The van der Waals surface area contributed by atoms with Gasteiger partial charge in [-0.3, -0.25) is 0 Å². The average Bonchev–Trinajstić information content (AvgIpc) is 1.97. The molecule has 0 unspecified atom stereocenters. The molecule has 0 bridgehead atoms. The van der Waals surface area contributed by atoms with E-state index in [1.54, 1.807) is 0 Å². The molecule has 0 aromatic rings. The minimum absolute atomic E-state index is 0.170. The van der Waals surface area contributed by atoms with E-state index in [1.807, 2.05) is 0 Å². The monoisotopic (exact) mass is 172 g/mol. The fourth-order valence-corrected chi connectivity index (χ4v) is 2.62. The summed E-state index contributed by atoms with van der Waals surface area (Å²) < 4.78 is 0. The molecule has 0 saturated carbocycles. The molecule has 0 spiro atoms. The summed E-state index contributed by atoms with van der Waals surface area (Å²) >= 11 is 0. The zero-order valence-electron chi connectivity index (χ0n) is 7.10. The summed E-state index contributed by atoms with van der Waals surface area (Å²) in [5.74, 6) is -0.825. The van der Waals surface area contributed by atoms with Crippen LogP contribution in [0.4, 0.5) is 0 Å². The van der Waals surface area contributed by atoms with Crippen LogP contribution in [-0.4, -0.2) is 20.6 Å². The standard InChI is InChI=1S/C8H16O2Si/c1-3-4-5-11-6-7(2)8(9)10/h2-6,11H2,1H3,(H,9,10). The van der Waals surface area contributed by atoms with Gasteiger partial charge < -0.3 is 5.11 Å². The van der Waals surface area contributed by atoms with E-state index in [9.17, 15) is 4.79 Å². The Bertz CT molecular complexity index is 143. The lowest BCUT2D eigenvalue weighted by molar-refractivity contribution is -0.132. The van der Waals surface area contributed by atoms with Gasteiger partial charge in [-0.15, -0.1) is 0 Å². The predicted octanol–water partition coefficient (Wildman–Crippen LogP) is 1.43. The molecule has 0 saturated heterocycles. The second kappa shape index (κ2) is 6.16. The van der Waals surface area contributed by atoms with Crippen molar-refractivity contribution in [2.75, 3.05) is 0 Å². The lowest BCUT2D eigenvalue weighted by Crippen LogP contribution is -2.01. The first-order valence-corrected chi connectivity index (χ1v) is 6.09. The van der Waals surface area contributed by atoms with Crippen molar-refractivity contribution < 1.29 is 9.90 Å². The molecule has 0 aromatic heterocycles. The van der Waals surface area contributed by atoms with Gasteiger partial charge in [0.05, 0.1) is 0 Å². The Hall–Kier alpha value is -0.573. The molecule has 0 aromatic carbocycles. The second-order valence-corrected chi connectivity index (χ2v) is 4.63. The molecule has 11 heavy (non-hydrogen) atoms. The normalized spacial score (nSPS) is 10.6. The van der Waals surface area contributed by atoms with E-state index in [2.05, 4.69) is 13.5 Å². The van der Waals surface area contributed by atoms with Crippen molar-refractivity contribution in [3.05, 3.63) is 12.2 Å². The zero-order chi connectivity index (χ0) is 8.69. The van der Waals surface area contributed by atoms with E-state index >= 15 is 0 Å². The molecule has 0 radical (unpaired) electrons. The summed E-state index contributed by atoms with van der Waals surface area (Å²) in [6.45, 7) is 5.64. The Kier molecular flexibility index (Phi) is 5.84. The molecule has 0 heterocycles. The predicted molar refractivity (Wildman–Crippen MR) is 49.8 cm³/mol. The van der Waals surface area contributed by atoms with Crippen molar-refractivity contribution in [3.63, 3.8) is 0 Å². The van der Waals surface area contributed by atoms with Crippen LogP contribution in [0.2, 0.25) is 12.1 Å². The van der Waals surface area contributed by atoms with Gasteiger partial charge in [-0.25, -0.2) is 4.79 Å². The maximum Gasteiger partial charge on any atom is 0.330 e. The van der Waals surface area contributed by atoms with Gasteiger partial charge >= 0.3 is 5.97 Å². The van der Waals surface area contributed by atoms with Crippen LogP contribution in [0.25, 0.3) is 0 Å². The smallest absolute Gasteiger partial charge is 0.330 e. The van der Waals surface area contributed by atoms with Gasteiger partial charge in [-0.05, 0) is 6.04 Å². The number of carboxylic acid groups (broad SMARTS) is 1. The Balaban J connectivity index is 3.25. The van der Waals surface area contributed by atoms with Crippen LogP contribution in [0.15, 0.2) is 12.2 Å². The summed E-state index contributed by atoms with van der Waals surface area (Å²) in [5.41, 5.74) is 0.396. The summed E-state index contributed by atoms with van der Waals surface area (Å²) in [6.07, 6.45) is 2.46. The topological polar surface area (TPSA) is 37.3 Å². The Morgan fingerprint density at radius 2 is 2.27 bits per heavy atom. The van der Waals surface area contributed by atoms with Crippen LogP contribution in [-0.2, 0) is 4.79 Å². The van der Waals surface area contributed by atoms with Gasteiger partial charge in [-0.2, -0.15) is 0 Å². The first kappa shape index (κ1) is 10.4. The molecular formula is C8H16O2Si. The molecule has 64 valence electrons. The van der Waals surface area contributed by atoms with Crippen molar-refractivity contribution >= 4 is 15.5 Å². The Labute approximate surface area is 70.1 Å². The van der Waals surface area contributed by atoms with Gasteiger partial charge in [-0.1, -0.05) is 32.4 Å². The van der Waals surface area contributed by atoms with Gasteiger partial charge in [0.2, 0.25) is 0 Å². The van der Waals surface area contributed by atoms with E-state index in [4.69, 9.17) is 5.11 Å². The third-order valence-electron chi connectivity index (χ3n) is 1.63. The number of carbonyl (C=O) groups is 1. The first-order valence-electron chi connectivity index (χ1n) is 4.09. The first-order chi connectivity index (χ1) is 5.18. The summed E-state index contributed by atoms with van der Waals surface area (Å²) in [7, 11) is -0.170. The van der Waals surface area contributed by atoms with Crippen molar-refractivity contribution in [2.45, 2.75) is 31.9 Å². The molecule has 0 amide bonds. The highest BCUT2D eigenvalue weighted by atomic mass is 28.2. The zero-order valence-corrected chi connectivity index (χ0v) is 8.51. The summed E-state index contributed by atoms with van der Waals surface area (Å²) in [4.78, 5) is 10.3. The SMILES string of the molecule is C=C(C[SiH2]CCCC)C(=O)O. The van der Waals surface area contributed by atoms with Crippen molar-refractivity contribution in [2.24, 2.45) is 0 Å². The number of hydrogen-bond acceptors (Lipinski definition) is 1. The van der Waals surface area contributed by atoms with E-state index in [0.717, 1.165) is 6.04 Å². The van der Waals surface area contributed by atoms with Crippen LogP contribution in [0, 0.1) is 0 Å². The van der Waals surface area contributed by atoms with Crippen molar-refractivity contribution in [1.82, 2.24) is 0 Å². The molecule has 0 fully saturated rings. The largest absolute Gasteiger partial charge is 0.478 e. The highest BCUT2D eigenvalue weighted by Crippen LogP contribution is 2.02. The maximum atomic E-state index is 10.3. The van der Waals surface area contributed by atoms with Gasteiger partial charge in [0.1, 0.15) is 0 Å². The van der Waals surface area contributed by atoms with Crippen LogP contribution < -0.4 is 0 Å². The lowest BCUT2D eigenvalue weighted by atomic mass is 10.4. The minimum Gasteiger partial charge on any atom is -0.478 e. The van der Waals surface area contributed by atoms with Gasteiger partial charge in [0.25, 0.3) is 0 Å². The van der Waals surface area contributed by atoms with Crippen LogP contribution >= 0.6 is 0 Å². The molecular weight excluding hydrogens is 156 g/mol. The molecule has 0 aliphatic rings. The molecule has 0 atom stereocenters. The quantitative estimate of drug-likeness (QED) is 0.374. The lowest BCUT2D eigenvalue weighted by Gasteiger charge is -1.97. The van der Waals surface area contributed by atoms with Gasteiger partial charge in [0.15, 0.2) is 0 Å². The minimum atomic E-state index is -0.825. The molecule has 0 aliphatic heterocycles. The number of aliphatic carboxylic acids is 1. The third kappa shape index (κ3) is 5.85. The van der Waals surface area contributed by atoms with E-state index in [0.29, 0.717) is 5.57 Å². The summed E-state index contributed by atoms with van der Waals surface area (Å²) in [6, 6.07) is 2.03. The third-order valence-corrected chi connectivity index (χ3v) is 3.59. The summed E-state index contributed by atoms with van der Waals surface area (Å²) in [5, 5.41) is 8.46. The fraction of sp³-hybridized carbons (Fsp3) is 0.625. The molecule has 1 N–H and O–H groups in total. The Morgan fingerprint density at radius 3 is 2.73 bits per heavy atom. The number of unbranched alkanes of at least 4 members (excludes halogenated alkanes) is 1. The van der Waals surface area contributed by atoms with Crippen molar-refractivity contribution in [3.8, 4) is 0 Å². The van der Waals surface area contributed by atoms with Crippen molar-refractivity contribution in [1.29, 1.82) is 0 Å². The fourth-order valence-electron chi connectivity index (χ4n) is 0.872. The molecule has 0 rings (SSSR count). The van der Waals surface area contributed by atoms with Gasteiger partial charge in [0, 0.05) is 15.1 Å². The second-order valence-electron chi connectivity index (χ2n) is 2.72. The van der Waals surface area contributed by atoms with E-state index < -0.39 is 5.97 Å². The van der Waals surface area contributed by atoms with E-state index in [-0.39, 0.29) is 9.52 Å². The number of carboxylic acids is 1. The number of rotatable bonds is 6. The van der Waals surface area contributed by atoms with Crippen LogP contribution in [0.1, 0.15) is 19.8 Å². The average molecular weight is 172 g/mol. The highest BCUT2D eigenvalue weighted by Gasteiger charge is 2.02.